The van der Waals surface area contributed by atoms with E-state index in [2.05, 4.69) is 4.98 Å². The summed E-state index contributed by atoms with van der Waals surface area (Å²) < 4.78 is 5.43. The molecule has 0 amide bonds. The standard InChI is InChI=1S/C18H11NO2/c20-18-14-10-13-8-4-5-9-15(13)19-16(14)11-17(21-18)12-6-2-1-3-7-12/h1-11H. The number of hydrogen-bond donors (Lipinski definition) is 0. The summed E-state index contributed by atoms with van der Waals surface area (Å²) in [6.07, 6.45) is 0. The maximum absolute atomic E-state index is 12.2. The Morgan fingerprint density at radius 2 is 1.57 bits per heavy atom. The molecule has 0 aliphatic rings. The van der Waals surface area contributed by atoms with E-state index in [1.807, 2.05) is 66.7 Å². The number of aromatic nitrogens is 1. The molecule has 0 saturated carbocycles. The average Bonchev–Trinajstić information content (AvgIpc) is 2.54. The minimum atomic E-state index is -0.357. The Labute approximate surface area is 120 Å². The minimum absolute atomic E-state index is 0.357. The molecule has 4 aromatic rings. The lowest BCUT2D eigenvalue weighted by molar-refractivity contribution is 0.534. The molecule has 4 rings (SSSR count). The lowest BCUT2D eigenvalue weighted by Gasteiger charge is -2.03. The van der Waals surface area contributed by atoms with Crippen LogP contribution in [0, 0.1) is 0 Å². The molecular weight excluding hydrogens is 262 g/mol. The smallest absolute Gasteiger partial charge is 0.345 e. The van der Waals surface area contributed by atoms with Crippen LogP contribution in [-0.4, -0.2) is 4.98 Å². The van der Waals surface area contributed by atoms with Crippen molar-refractivity contribution in [1.29, 1.82) is 0 Å². The molecule has 0 unspecified atom stereocenters. The monoisotopic (exact) mass is 273 g/mol. The highest BCUT2D eigenvalue weighted by Crippen LogP contribution is 2.23. The number of pyridine rings is 1. The molecule has 100 valence electrons. The zero-order valence-corrected chi connectivity index (χ0v) is 11.1. The fourth-order valence-electron chi connectivity index (χ4n) is 2.46. The van der Waals surface area contributed by atoms with Crippen LogP contribution in [-0.2, 0) is 0 Å². The van der Waals surface area contributed by atoms with Crippen LogP contribution in [0.2, 0.25) is 0 Å². The van der Waals surface area contributed by atoms with E-state index in [1.165, 1.54) is 0 Å². The van der Waals surface area contributed by atoms with E-state index in [4.69, 9.17) is 4.42 Å². The Hall–Kier alpha value is -2.94. The Balaban J connectivity index is 2.05. The number of fused-ring (bicyclic) bond motifs is 2. The second-order valence-electron chi connectivity index (χ2n) is 4.88. The van der Waals surface area contributed by atoms with Gasteiger partial charge in [-0.2, -0.15) is 0 Å². The van der Waals surface area contributed by atoms with Crippen molar-refractivity contribution in [3.05, 3.63) is 77.2 Å². The van der Waals surface area contributed by atoms with Gasteiger partial charge < -0.3 is 4.42 Å². The third-order valence-electron chi connectivity index (χ3n) is 3.50. The second kappa shape index (κ2) is 4.56. The predicted octanol–water partition coefficient (Wildman–Crippen LogP) is 4.01. The lowest BCUT2D eigenvalue weighted by Crippen LogP contribution is -2.01. The third kappa shape index (κ3) is 1.99. The average molecular weight is 273 g/mol. The zero-order chi connectivity index (χ0) is 14.2. The maximum Gasteiger partial charge on any atom is 0.345 e. The van der Waals surface area contributed by atoms with E-state index in [-0.39, 0.29) is 5.63 Å². The van der Waals surface area contributed by atoms with Gasteiger partial charge in [0, 0.05) is 17.0 Å². The molecule has 0 bridgehead atoms. The summed E-state index contributed by atoms with van der Waals surface area (Å²) in [6, 6.07) is 20.9. The molecule has 0 radical (unpaired) electrons. The first-order chi connectivity index (χ1) is 10.3. The summed E-state index contributed by atoms with van der Waals surface area (Å²) in [4.78, 5) is 16.8. The Bertz CT molecular complexity index is 1000. The predicted molar refractivity (Wildman–Crippen MR) is 83.2 cm³/mol. The highest BCUT2D eigenvalue weighted by molar-refractivity contribution is 5.92. The maximum atomic E-state index is 12.2. The first-order valence-corrected chi connectivity index (χ1v) is 6.70. The molecule has 0 saturated heterocycles. The largest absolute Gasteiger partial charge is 0.422 e. The quantitative estimate of drug-likeness (QED) is 0.492. The normalized spacial score (nSPS) is 11.0. The van der Waals surface area contributed by atoms with Gasteiger partial charge in [0.2, 0.25) is 0 Å². The Morgan fingerprint density at radius 3 is 2.43 bits per heavy atom. The van der Waals surface area contributed by atoms with Crippen LogP contribution in [0.3, 0.4) is 0 Å². The van der Waals surface area contributed by atoms with Crippen molar-refractivity contribution < 1.29 is 4.42 Å². The number of hydrogen-bond acceptors (Lipinski definition) is 3. The van der Waals surface area contributed by atoms with Crippen molar-refractivity contribution in [2.45, 2.75) is 0 Å². The van der Waals surface area contributed by atoms with Crippen LogP contribution in [0.4, 0.5) is 0 Å². The van der Waals surface area contributed by atoms with Gasteiger partial charge in [0.25, 0.3) is 0 Å². The number of nitrogens with zero attached hydrogens (tertiary/aromatic N) is 1. The van der Waals surface area contributed by atoms with E-state index >= 15 is 0 Å². The van der Waals surface area contributed by atoms with Gasteiger partial charge in [-0.3, -0.25) is 0 Å². The highest BCUT2D eigenvalue weighted by Gasteiger charge is 2.08. The van der Waals surface area contributed by atoms with Crippen LogP contribution in [0.15, 0.2) is 75.9 Å². The van der Waals surface area contributed by atoms with Gasteiger partial charge in [-0.05, 0) is 12.1 Å². The SMILES string of the molecule is O=c1oc(-c2ccccc2)cc2nc3ccccc3cc12. The minimum Gasteiger partial charge on any atom is -0.422 e. The van der Waals surface area contributed by atoms with E-state index in [0.717, 1.165) is 16.5 Å². The van der Waals surface area contributed by atoms with Crippen molar-refractivity contribution in [2.75, 3.05) is 0 Å². The van der Waals surface area contributed by atoms with Crippen LogP contribution < -0.4 is 5.63 Å². The second-order valence-corrected chi connectivity index (χ2v) is 4.88. The van der Waals surface area contributed by atoms with Gasteiger partial charge in [0.05, 0.1) is 16.4 Å². The molecule has 3 nitrogen and oxygen atoms in total. The van der Waals surface area contributed by atoms with Crippen molar-refractivity contribution in [2.24, 2.45) is 0 Å². The fraction of sp³-hybridized carbons (Fsp3) is 0. The Morgan fingerprint density at radius 1 is 0.810 bits per heavy atom. The number of benzene rings is 2. The van der Waals surface area contributed by atoms with Crippen molar-refractivity contribution in [3.8, 4) is 11.3 Å². The van der Waals surface area contributed by atoms with Crippen LogP contribution in [0.5, 0.6) is 0 Å². The third-order valence-corrected chi connectivity index (χ3v) is 3.50. The molecule has 21 heavy (non-hydrogen) atoms. The van der Waals surface area contributed by atoms with E-state index in [0.29, 0.717) is 16.7 Å². The van der Waals surface area contributed by atoms with Gasteiger partial charge in [-0.15, -0.1) is 0 Å². The Kier molecular flexibility index (Phi) is 2.57. The first-order valence-electron chi connectivity index (χ1n) is 6.70. The molecule has 2 aromatic heterocycles. The summed E-state index contributed by atoms with van der Waals surface area (Å²) in [5.41, 5.74) is 2.04. The number of rotatable bonds is 1. The molecule has 2 aromatic carbocycles. The molecule has 3 heteroatoms. The van der Waals surface area contributed by atoms with Crippen LogP contribution in [0.25, 0.3) is 33.1 Å². The molecule has 0 spiro atoms. The summed E-state index contributed by atoms with van der Waals surface area (Å²) in [7, 11) is 0. The van der Waals surface area contributed by atoms with Gasteiger partial charge in [0.1, 0.15) is 5.76 Å². The first kappa shape index (κ1) is 11.9. The lowest BCUT2D eigenvalue weighted by atomic mass is 10.1. The van der Waals surface area contributed by atoms with Gasteiger partial charge in [-0.1, -0.05) is 48.5 Å². The van der Waals surface area contributed by atoms with Gasteiger partial charge >= 0.3 is 5.63 Å². The van der Waals surface area contributed by atoms with Crippen molar-refractivity contribution in [3.63, 3.8) is 0 Å². The van der Waals surface area contributed by atoms with Crippen LogP contribution in [0.1, 0.15) is 0 Å². The van der Waals surface area contributed by atoms with Crippen molar-refractivity contribution >= 4 is 21.8 Å². The molecule has 0 aliphatic carbocycles. The van der Waals surface area contributed by atoms with E-state index < -0.39 is 0 Å². The molecular formula is C18H11NO2. The summed E-state index contributed by atoms with van der Waals surface area (Å²) in [5.74, 6) is 0.538. The van der Waals surface area contributed by atoms with Gasteiger partial charge in [0.15, 0.2) is 0 Å². The van der Waals surface area contributed by atoms with Crippen LogP contribution >= 0.6 is 0 Å². The zero-order valence-electron chi connectivity index (χ0n) is 11.1. The van der Waals surface area contributed by atoms with Crippen molar-refractivity contribution in [1.82, 2.24) is 4.98 Å². The fourth-order valence-corrected chi connectivity index (χ4v) is 2.46. The summed E-state index contributed by atoms with van der Waals surface area (Å²) in [6.45, 7) is 0. The summed E-state index contributed by atoms with van der Waals surface area (Å²) in [5, 5.41) is 1.44. The molecule has 0 fully saturated rings. The van der Waals surface area contributed by atoms with Gasteiger partial charge in [-0.25, -0.2) is 9.78 Å². The van der Waals surface area contributed by atoms with E-state index in [9.17, 15) is 4.79 Å². The molecule has 0 N–H and O–H groups in total. The number of para-hydroxylation sites is 1. The topological polar surface area (TPSA) is 43.1 Å². The highest BCUT2D eigenvalue weighted by atomic mass is 16.4. The molecule has 0 aliphatic heterocycles. The molecule has 2 heterocycles. The van der Waals surface area contributed by atoms with E-state index in [1.54, 1.807) is 0 Å². The molecule has 0 atom stereocenters. The summed E-state index contributed by atoms with van der Waals surface area (Å²) >= 11 is 0.